The highest BCUT2D eigenvalue weighted by molar-refractivity contribution is 5.28. The molecule has 0 bridgehead atoms. The number of fused-ring (bicyclic) bond motifs is 6. The van der Waals surface area contributed by atoms with Gasteiger partial charge in [-0.1, -0.05) is 25.0 Å². The van der Waals surface area contributed by atoms with Gasteiger partial charge < -0.3 is 15.0 Å². The van der Waals surface area contributed by atoms with Gasteiger partial charge in [0.05, 0.1) is 11.7 Å². The van der Waals surface area contributed by atoms with E-state index in [1.165, 1.54) is 77.2 Å². The van der Waals surface area contributed by atoms with E-state index in [1.54, 1.807) is 5.57 Å². The maximum Gasteiger partial charge on any atom is 0.0740 e. The van der Waals surface area contributed by atoms with Gasteiger partial charge in [0.15, 0.2) is 0 Å². The fraction of sp³-hybridized carbons (Fsp3) is 0.931. The molecule has 4 aliphatic carbocycles. The summed E-state index contributed by atoms with van der Waals surface area (Å²) >= 11 is 0. The van der Waals surface area contributed by atoms with Crippen molar-refractivity contribution < 1.29 is 4.74 Å². The van der Waals surface area contributed by atoms with Crippen molar-refractivity contribution in [3.63, 3.8) is 0 Å². The van der Waals surface area contributed by atoms with Gasteiger partial charge >= 0.3 is 0 Å². The molecule has 6 rings (SSSR count). The number of rotatable bonds is 1. The highest BCUT2D eigenvalue weighted by atomic mass is 16.5. The molecule has 3 saturated carbocycles. The van der Waals surface area contributed by atoms with E-state index in [4.69, 9.17) is 4.74 Å². The minimum absolute atomic E-state index is 0.133. The van der Waals surface area contributed by atoms with Gasteiger partial charge in [0, 0.05) is 12.1 Å². The summed E-state index contributed by atoms with van der Waals surface area (Å²) in [6.07, 6.45) is 15.6. The van der Waals surface area contributed by atoms with E-state index in [-0.39, 0.29) is 5.60 Å². The van der Waals surface area contributed by atoms with Crippen molar-refractivity contribution in [3.8, 4) is 0 Å². The molecular formula is C29H48N2O. The smallest absolute Gasteiger partial charge is 0.0740 e. The number of hydrogen-bond donors (Lipinski definition) is 1. The summed E-state index contributed by atoms with van der Waals surface area (Å²) in [5.74, 6) is 4.47. The minimum Gasteiger partial charge on any atom is -0.370 e. The second kappa shape index (κ2) is 7.82. The average Bonchev–Trinajstić information content (AvgIpc) is 3.26. The second-order valence-corrected chi connectivity index (χ2v) is 13.7. The van der Waals surface area contributed by atoms with Gasteiger partial charge in [-0.25, -0.2) is 0 Å². The molecule has 0 amide bonds. The van der Waals surface area contributed by atoms with Gasteiger partial charge in [-0.05, 0) is 133 Å². The normalized spacial score (nSPS) is 53.1. The number of piperidine rings is 1. The van der Waals surface area contributed by atoms with Gasteiger partial charge in [0.1, 0.15) is 0 Å². The van der Waals surface area contributed by atoms with Crippen LogP contribution in [0.25, 0.3) is 0 Å². The van der Waals surface area contributed by atoms with Gasteiger partial charge in [-0.3, -0.25) is 0 Å². The van der Waals surface area contributed by atoms with Gasteiger partial charge in [-0.2, -0.15) is 0 Å². The molecule has 3 heteroatoms. The van der Waals surface area contributed by atoms with Crippen molar-refractivity contribution >= 4 is 0 Å². The quantitative estimate of drug-likeness (QED) is 0.522. The number of ether oxygens (including phenoxy) is 1. The van der Waals surface area contributed by atoms with Crippen LogP contribution in [0.5, 0.6) is 0 Å². The highest BCUT2D eigenvalue weighted by Crippen LogP contribution is 2.65. The van der Waals surface area contributed by atoms with Crippen LogP contribution in [0.2, 0.25) is 0 Å². The Labute approximate surface area is 197 Å². The summed E-state index contributed by atoms with van der Waals surface area (Å²) in [7, 11) is 4.60. The van der Waals surface area contributed by atoms with E-state index in [1.807, 2.05) is 5.57 Å². The predicted molar refractivity (Wildman–Crippen MR) is 132 cm³/mol. The molecule has 6 aliphatic rings. The highest BCUT2D eigenvalue weighted by Gasteiger charge is 2.57. The standard InChI is InChI=1S/C29H48N2O/c1-18-12-27-26(30-17-18)16-29(32-27)11-9-22-23-7-6-20-13-21(31(4)5)8-10-28(20,3)25(23)14-24(22)19(2)15-29/h18,20-23,25-27,30H,6-17H2,1-5H3/t18-,20+,21+,22-,23-,25-,26-,27+,28-,29-/m0/s1. The minimum atomic E-state index is 0.133. The third kappa shape index (κ3) is 3.39. The zero-order chi connectivity index (χ0) is 22.3. The molecular weight excluding hydrogens is 392 g/mol. The van der Waals surface area contributed by atoms with Gasteiger partial charge in [0.2, 0.25) is 0 Å². The van der Waals surface area contributed by atoms with E-state index in [0.29, 0.717) is 17.6 Å². The monoisotopic (exact) mass is 440 g/mol. The largest absolute Gasteiger partial charge is 0.370 e. The molecule has 0 unspecified atom stereocenters. The lowest BCUT2D eigenvalue weighted by Gasteiger charge is -2.55. The molecule has 180 valence electrons. The molecule has 1 spiro atoms. The van der Waals surface area contributed by atoms with E-state index in [9.17, 15) is 0 Å². The topological polar surface area (TPSA) is 24.5 Å². The fourth-order valence-electron chi connectivity index (χ4n) is 9.89. The predicted octanol–water partition coefficient (Wildman–Crippen LogP) is 5.80. The Hall–Kier alpha value is -0.380. The maximum atomic E-state index is 6.95. The van der Waals surface area contributed by atoms with Crippen LogP contribution in [-0.4, -0.2) is 49.3 Å². The lowest BCUT2D eigenvalue weighted by molar-refractivity contribution is -0.0670. The molecule has 10 atom stereocenters. The van der Waals surface area contributed by atoms with Gasteiger partial charge in [0.25, 0.3) is 0 Å². The van der Waals surface area contributed by atoms with E-state index in [2.05, 4.69) is 45.1 Å². The van der Waals surface area contributed by atoms with Crippen molar-refractivity contribution in [3.05, 3.63) is 11.1 Å². The first kappa shape index (κ1) is 22.1. The van der Waals surface area contributed by atoms with Crippen molar-refractivity contribution in [1.82, 2.24) is 10.2 Å². The number of allylic oxidation sites excluding steroid dienone is 1. The van der Waals surface area contributed by atoms with Crippen molar-refractivity contribution in [1.29, 1.82) is 0 Å². The Morgan fingerprint density at radius 2 is 1.91 bits per heavy atom. The van der Waals surface area contributed by atoms with Crippen LogP contribution in [0.1, 0.15) is 91.4 Å². The summed E-state index contributed by atoms with van der Waals surface area (Å²) < 4.78 is 6.95. The Balaban J connectivity index is 1.22. The molecule has 32 heavy (non-hydrogen) atoms. The Kier molecular flexibility index (Phi) is 5.40. The molecule has 5 fully saturated rings. The summed E-state index contributed by atoms with van der Waals surface area (Å²) in [5.41, 5.74) is 4.35. The molecule has 2 aliphatic heterocycles. The Morgan fingerprint density at radius 1 is 1.06 bits per heavy atom. The molecule has 0 aromatic carbocycles. The third-order valence-corrected chi connectivity index (χ3v) is 11.7. The molecule has 1 N–H and O–H groups in total. The first-order valence-corrected chi connectivity index (χ1v) is 14.0. The van der Waals surface area contributed by atoms with Crippen LogP contribution in [0.4, 0.5) is 0 Å². The van der Waals surface area contributed by atoms with Crippen LogP contribution < -0.4 is 5.32 Å². The molecule has 0 radical (unpaired) electrons. The maximum absolute atomic E-state index is 6.95. The van der Waals surface area contributed by atoms with Crippen molar-refractivity contribution in [2.45, 2.75) is 115 Å². The number of hydrogen-bond acceptors (Lipinski definition) is 3. The lowest BCUT2D eigenvalue weighted by atomic mass is 9.52. The van der Waals surface area contributed by atoms with Crippen LogP contribution in [-0.2, 0) is 4.74 Å². The number of nitrogens with zero attached hydrogens (tertiary/aromatic N) is 1. The summed E-state index contributed by atoms with van der Waals surface area (Å²) in [6.45, 7) is 8.77. The average molecular weight is 441 g/mol. The first-order valence-electron chi connectivity index (χ1n) is 14.0. The van der Waals surface area contributed by atoms with Gasteiger partial charge in [-0.15, -0.1) is 0 Å². The molecule has 0 aromatic heterocycles. The molecule has 2 saturated heterocycles. The Morgan fingerprint density at radius 3 is 2.72 bits per heavy atom. The zero-order valence-corrected chi connectivity index (χ0v) is 21.5. The second-order valence-electron chi connectivity index (χ2n) is 13.7. The van der Waals surface area contributed by atoms with Crippen molar-refractivity contribution in [2.24, 2.45) is 35.0 Å². The Bertz CT molecular complexity index is 775. The lowest BCUT2D eigenvalue weighted by Crippen LogP contribution is -2.49. The van der Waals surface area contributed by atoms with Crippen molar-refractivity contribution in [2.75, 3.05) is 20.6 Å². The third-order valence-electron chi connectivity index (χ3n) is 11.7. The van der Waals surface area contributed by atoms with Crippen LogP contribution >= 0.6 is 0 Å². The van der Waals surface area contributed by atoms with Crippen LogP contribution in [0.3, 0.4) is 0 Å². The molecule has 0 aromatic rings. The summed E-state index contributed by atoms with van der Waals surface area (Å²) in [4.78, 5) is 2.51. The molecule has 3 nitrogen and oxygen atoms in total. The number of nitrogens with one attached hydrogen (secondary N) is 1. The first-order chi connectivity index (χ1) is 15.3. The van der Waals surface area contributed by atoms with Crippen LogP contribution in [0.15, 0.2) is 11.1 Å². The SMILES string of the molecule is CC1=C2C[C@H]3[C@@H](CC[C@@H]4C[C@H](N(C)C)CC[C@@]43C)[C@@H]2CC[C@]2(C1)C[C@@H]1NC[C@@H](C)C[C@H]1O2. The van der Waals surface area contributed by atoms with E-state index >= 15 is 0 Å². The fourth-order valence-corrected chi connectivity index (χ4v) is 9.89. The van der Waals surface area contributed by atoms with E-state index < -0.39 is 0 Å². The van der Waals surface area contributed by atoms with Crippen LogP contribution in [0, 0.1) is 35.0 Å². The molecule has 2 heterocycles. The zero-order valence-electron chi connectivity index (χ0n) is 21.5. The van der Waals surface area contributed by atoms with E-state index in [0.717, 1.165) is 35.6 Å². The summed E-state index contributed by atoms with van der Waals surface area (Å²) in [5, 5.41) is 3.84. The summed E-state index contributed by atoms with van der Waals surface area (Å²) in [6, 6.07) is 1.42.